The van der Waals surface area contributed by atoms with E-state index in [-0.39, 0.29) is 17.7 Å². The summed E-state index contributed by atoms with van der Waals surface area (Å²) in [5.74, 6) is -0.582. The predicted octanol–water partition coefficient (Wildman–Crippen LogP) is 3.28. The Kier molecular flexibility index (Phi) is 5.77. The number of hydrogen-bond donors (Lipinski definition) is 1. The molecule has 27 heavy (non-hydrogen) atoms. The predicted molar refractivity (Wildman–Crippen MR) is 92.0 cm³/mol. The summed E-state index contributed by atoms with van der Waals surface area (Å²) >= 11 is 0. The molecule has 1 aromatic rings. The maximum absolute atomic E-state index is 12.7. The van der Waals surface area contributed by atoms with Crippen LogP contribution < -0.4 is 5.32 Å². The first kappa shape index (κ1) is 21.0. The summed E-state index contributed by atoms with van der Waals surface area (Å²) in [5, 5.41) is 6.21. The lowest BCUT2D eigenvalue weighted by molar-refractivity contribution is -0.142. The van der Waals surface area contributed by atoms with Crippen LogP contribution >= 0.6 is 0 Å². The summed E-state index contributed by atoms with van der Waals surface area (Å²) in [6.07, 6.45) is -3.87. The molecule has 2 amide bonds. The Morgan fingerprint density at radius 2 is 1.93 bits per heavy atom. The van der Waals surface area contributed by atoms with Crippen LogP contribution in [-0.4, -0.2) is 51.0 Å². The molecule has 0 aliphatic carbocycles. The molecule has 152 valence electrons. The van der Waals surface area contributed by atoms with E-state index in [1.54, 1.807) is 20.8 Å². The van der Waals surface area contributed by atoms with Gasteiger partial charge in [0.2, 0.25) is 5.91 Å². The molecule has 1 N–H and O–H groups in total. The summed E-state index contributed by atoms with van der Waals surface area (Å²) < 4.78 is 43.3. The number of amides is 2. The fourth-order valence-electron chi connectivity index (χ4n) is 2.97. The van der Waals surface area contributed by atoms with Crippen molar-refractivity contribution in [3.8, 4) is 0 Å². The van der Waals surface area contributed by atoms with Gasteiger partial charge in [-0.15, -0.1) is 0 Å². The first-order chi connectivity index (χ1) is 12.3. The van der Waals surface area contributed by atoms with E-state index < -0.39 is 36.4 Å². The highest BCUT2D eigenvalue weighted by Gasteiger charge is 2.45. The summed E-state index contributed by atoms with van der Waals surface area (Å²) in [5.41, 5.74) is -0.705. The third-order valence-electron chi connectivity index (χ3n) is 4.35. The van der Waals surface area contributed by atoms with Crippen LogP contribution in [0.15, 0.2) is 12.3 Å². The van der Waals surface area contributed by atoms with Crippen LogP contribution in [0.2, 0.25) is 0 Å². The van der Waals surface area contributed by atoms with Crippen molar-refractivity contribution in [3.05, 3.63) is 12.3 Å². The number of hydrogen-bond acceptors (Lipinski definition) is 4. The normalized spacial score (nSPS) is 23.4. The topological polar surface area (TPSA) is 76.5 Å². The van der Waals surface area contributed by atoms with Crippen LogP contribution in [-0.2, 0) is 16.1 Å². The van der Waals surface area contributed by atoms with E-state index in [2.05, 4.69) is 10.4 Å². The van der Waals surface area contributed by atoms with Crippen LogP contribution in [0.25, 0.3) is 0 Å². The smallest absolute Gasteiger partial charge is 0.410 e. The highest BCUT2D eigenvalue weighted by atomic mass is 19.4. The third kappa shape index (κ3) is 5.61. The molecule has 0 spiro atoms. The average Bonchev–Trinajstić information content (AvgIpc) is 3.00. The number of rotatable bonds is 3. The summed E-state index contributed by atoms with van der Waals surface area (Å²) in [6, 6.07) is 0.493. The van der Waals surface area contributed by atoms with Crippen molar-refractivity contribution >= 4 is 17.8 Å². The van der Waals surface area contributed by atoms with E-state index in [1.165, 1.54) is 11.0 Å². The van der Waals surface area contributed by atoms with Gasteiger partial charge >= 0.3 is 12.3 Å². The van der Waals surface area contributed by atoms with E-state index in [9.17, 15) is 22.8 Å². The monoisotopic (exact) mass is 390 g/mol. The molecule has 1 aliphatic heterocycles. The Morgan fingerprint density at radius 1 is 1.30 bits per heavy atom. The fraction of sp³-hybridized carbons (Fsp3) is 0.706. The zero-order valence-electron chi connectivity index (χ0n) is 16.0. The minimum absolute atomic E-state index is 0.000131. The van der Waals surface area contributed by atoms with Gasteiger partial charge in [0.05, 0.1) is 0 Å². The van der Waals surface area contributed by atoms with Crippen LogP contribution in [0, 0.1) is 11.8 Å². The second-order valence-electron chi connectivity index (χ2n) is 7.92. The third-order valence-corrected chi connectivity index (χ3v) is 4.35. The van der Waals surface area contributed by atoms with Crippen molar-refractivity contribution < 1.29 is 27.5 Å². The maximum Gasteiger partial charge on any atom is 0.410 e. The Morgan fingerprint density at radius 3 is 2.48 bits per heavy atom. The Labute approximate surface area is 155 Å². The molecule has 1 saturated heterocycles. The molecule has 2 heterocycles. The highest BCUT2D eigenvalue weighted by molar-refractivity contribution is 5.96. The Bertz CT molecular complexity index is 696. The molecule has 0 bridgehead atoms. The largest absolute Gasteiger partial charge is 0.444 e. The van der Waals surface area contributed by atoms with Gasteiger partial charge in [-0.2, -0.15) is 18.3 Å². The van der Waals surface area contributed by atoms with Crippen molar-refractivity contribution in [2.75, 3.05) is 11.9 Å². The molecule has 2 rings (SSSR count). The Balaban J connectivity index is 2.11. The second kappa shape index (κ2) is 7.40. The van der Waals surface area contributed by atoms with Gasteiger partial charge in [0.1, 0.15) is 18.2 Å². The molecule has 7 nitrogen and oxygen atoms in total. The molecular formula is C17H25F3N4O3. The summed E-state index contributed by atoms with van der Waals surface area (Å²) in [6.45, 7) is 8.08. The van der Waals surface area contributed by atoms with Crippen LogP contribution in [0.1, 0.15) is 34.6 Å². The lowest BCUT2D eigenvalue weighted by atomic mass is 9.94. The first-order valence-electron chi connectivity index (χ1n) is 8.67. The SMILES string of the molecule is C[C@@H]1[C@H](C)CN(C(=O)OC(C)(C)C)[C@@H]1C(=O)Nc1ccn(CC(F)(F)F)n1. The van der Waals surface area contributed by atoms with Crippen molar-refractivity contribution in [3.63, 3.8) is 0 Å². The van der Waals surface area contributed by atoms with Gasteiger partial charge in [-0.1, -0.05) is 13.8 Å². The van der Waals surface area contributed by atoms with E-state index in [4.69, 9.17) is 4.74 Å². The molecule has 0 radical (unpaired) electrons. The van der Waals surface area contributed by atoms with Crippen LogP contribution in [0.4, 0.5) is 23.8 Å². The number of anilines is 1. The minimum atomic E-state index is -4.41. The molecule has 1 fully saturated rings. The van der Waals surface area contributed by atoms with Gasteiger partial charge in [-0.25, -0.2) is 4.79 Å². The molecule has 0 aromatic carbocycles. The number of nitrogens with zero attached hydrogens (tertiary/aromatic N) is 3. The zero-order chi connectivity index (χ0) is 20.6. The number of ether oxygens (including phenoxy) is 1. The number of carbonyl (C=O) groups excluding carboxylic acids is 2. The molecule has 1 aromatic heterocycles. The number of nitrogens with one attached hydrogen (secondary N) is 1. The van der Waals surface area contributed by atoms with E-state index in [0.29, 0.717) is 11.2 Å². The van der Waals surface area contributed by atoms with Crippen LogP contribution in [0.5, 0.6) is 0 Å². The standard InChI is InChI=1S/C17H25F3N4O3/c1-10-8-24(15(26)27-16(3,4)5)13(11(10)2)14(25)21-12-6-7-23(22-12)9-17(18,19)20/h6-7,10-11,13H,8-9H2,1-5H3,(H,21,22,25)/t10-,11-,13+/m1/s1. The number of halogens is 3. The summed E-state index contributed by atoms with van der Waals surface area (Å²) in [7, 11) is 0. The molecule has 0 saturated carbocycles. The number of carbonyl (C=O) groups is 2. The van der Waals surface area contributed by atoms with Gasteiger partial charge in [0, 0.05) is 18.8 Å². The second-order valence-corrected chi connectivity index (χ2v) is 7.92. The molecule has 1 aliphatic rings. The first-order valence-corrected chi connectivity index (χ1v) is 8.67. The molecular weight excluding hydrogens is 365 g/mol. The Hall–Kier alpha value is -2.26. The molecule has 10 heteroatoms. The van der Waals surface area contributed by atoms with Crippen molar-refractivity contribution in [1.82, 2.24) is 14.7 Å². The average molecular weight is 390 g/mol. The lowest BCUT2D eigenvalue weighted by Gasteiger charge is -2.29. The van der Waals surface area contributed by atoms with E-state index >= 15 is 0 Å². The highest BCUT2D eigenvalue weighted by Crippen LogP contribution is 2.31. The number of alkyl halides is 3. The molecule has 0 unspecified atom stereocenters. The molecule has 3 atom stereocenters. The van der Waals surface area contributed by atoms with Gasteiger partial charge in [0.15, 0.2) is 5.82 Å². The number of aromatic nitrogens is 2. The van der Waals surface area contributed by atoms with E-state index in [1.807, 2.05) is 13.8 Å². The van der Waals surface area contributed by atoms with Gasteiger partial charge < -0.3 is 10.1 Å². The van der Waals surface area contributed by atoms with Crippen molar-refractivity contribution in [2.45, 2.75) is 59.0 Å². The maximum atomic E-state index is 12.7. The summed E-state index contributed by atoms with van der Waals surface area (Å²) in [4.78, 5) is 26.5. The fourth-order valence-corrected chi connectivity index (χ4v) is 2.97. The lowest BCUT2D eigenvalue weighted by Crippen LogP contribution is -2.47. The van der Waals surface area contributed by atoms with Gasteiger partial charge in [-0.3, -0.25) is 14.4 Å². The number of likely N-dealkylation sites (tertiary alicyclic amines) is 1. The van der Waals surface area contributed by atoms with Crippen molar-refractivity contribution in [1.29, 1.82) is 0 Å². The van der Waals surface area contributed by atoms with Gasteiger partial charge in [-0.05, 0) is 32.6 Å². The van der Waals surface area contributed by atoms with Crippen molar-refractivity contribution in [2.24, 2.45) is 11.8 Å². The zero-order valence-corrected chi connectivity index (χ0v) is 16.0. The van der Waals surface area contributed by atoms with E-state index in [0.717, 1.165) is 6.20 Å². The quantitative estimate of drug-likeness (QED) is 0.859. The minimum Gasteiger partial charge on any atom is -0.444 e. The van der Waals surface area contributed by atoms with Crippen LogP contribution in [0.3, 0.4) is 0 Å². The van der Waals surface area contributed by atoms with Gasteiger partial charge in [0.25, 0.3) is 0 Å².